The van der Waals surface area contributed by atoms with Crippen LogP contribution in [0.2, 0.25) is 0 Å². The van der Waals surface area contributed by atoms with Gasteiger partial charge < -0.3 is 15.2 Å². The van der Waals surface area contributed by atoms with Gasteiger partial charge in [-0.25, -0.2) is 9.48 Å². The minimum atomic E-state index is -1.03. The molecular weight excluding hydrogens is 486 g/mol. The molecule has 2 aromatic carbocycles. The highest BCUT2D eigenvalue weighted by molar-refractivity contribution is 7.10. The molecule has 0 fully saturated rings. The summed E-state index contributed by atoms with van der Waals surface area (Å²) in [5.74, 6) is 0.313. The second kappa shape index (κ2) is 9.37. The fourth-order valence-electron chi connectivity index (χ4n) is 5.39. The molecule has 4 aromatic rings. The van der Waals surface area contributed by atoms with Crippen LogP contribution in [0.4, 0.5) is 5.82 Å². The lowest BCUT2D eigenvalue weighted by atomic mass is 9.73. The number of hydrogen-bond acceptors (Lipinski definition) is 6. The van der Waals surface area contributed by atoms with Crippen LogP contribution in [0.1, 0.15) is 46.4 Å². The van der Waals surface area contributed by atoms with Crippen LogP contribution in [0.3, 0.4) is 0 Å². The minimum Gasteiger partial charge on any atom is -0.482 e. The molecule has 0 saturated heterocycles. The molecule has 2 aromatic heterocycles. The van der Waals surface area contributed by atoms with E-state index in [2.05, 4.69) is 16.8 Å². The number of fused-ring (bicyclic) bond motifs is 1. The number of carbonyl (C=O) groups is 2. The van der Waals surface area contributed by atoms with Crippen molar-refractivity contribution in [2.24, 2.45) is 0 Å². The summed E-state index contributed by atoms with van der Waals surface area (Å²) in [5.41, 5.74) is 5.44. The number of rotatable bonds is 6. The number of aryl methyl sites for hydroxylation is 1. The number of nitrogens with zero attached hydrogens (tertiary/aromatic N) is 2. The van der Waals surface area contributed by atoms with Crippen molar-refractivity contribution in [3.8, 4) is 11.4 Å². The second-order valence-electron chi connectivity index (χ2n) is 9.34. The summed E-state index contributed by atoms with van der Waals surface area (Å²) >= 11 is 1.69. The van der Waals surface area contributed by atoms with Gasteiger partial charge in [0.25, 0.3) is 0 Å². The van der Waals surface area contributed by atoms with E-state index >= 15 is 0 Å². The van der Waals surface area contributed by atoms with Crippen molar-refractivity contribution >= 4 is 28.9 Å². The Hall–Kier alpha value is -4.17. The minimum absolute atomic E-state index is 0.140. The third kappa shape index (κ3) is 4.23. The molecule has 2 aliphatic rings. The largest absolute Gasteiger partial charge is 0.482 e. The molecule has 2 atom stereocenters. The van der Waals surface area contributed by atoms with Crippen molar-refractivity contribution in [3.63, 3.8) is 0 Å². The number of carbonyl (C=O) groups excluding carboxylic acids is 1. The molecule has 0 amide bonds. The Balaban J connectivity index is 1.47. The van der Waals surface area contributed by atoms with Crippen LogP contribution in [0.15, 0.2) is 83.4 Å². The fraction of sp³-hybridized carbons (Fsp3) is 0.207. The van der Waals surface area contributed by atoms with Crippen molar-refractivity contribution in [2.45, 2.75) is 31.6 Å². The van der Waals surface area contributed by atoms with Gasteiger partial charge in [-0.05, 0) is 54.6 Å². The zero-order valence-electron chi connectivity index (χ0n) is 20.2. The van der Waals surface area contributed by atoms with Crippen molar-refractivity contribution in [1.29, 1.82) is 0 Å². The summed E-state index contributed by atoms with van der Waals surface area (Å²) < 4.78 is 7.26. The number of thiophene rings is 1. The molecule has 3 heterocycles. The average molecular weight is 512 g/mol. The molecular formula is C29H25N3O4S. The number of carboxylic acids is 1. The van der Waals surface area contributed by atoms with Gasteiger partial charge in [0, 0.05) is 40.0 Å². The Morgan fingerprint density at radius 1 is 1.11 bits per heavy atom. The Labute approximate surface area is 218 Å². The molecule has 7 nitrogen and oxygen atoms in total. The standard InChI is InChI=1S/C29H25N3O4S/c1-17-26-27(18-9-11-21(12-10-18)36-16-25(34)35)28-22(14-19(15-23(28)33)24-8-5-13-37-24)30-29(26)32(31-17)20-6-3-2-4-7-20/h2-13,19,27,30H,14-16H2,1H3,(H,34,35)/t19-,27+/m1/s1. The van der Waals surface area contributed by atoms with Gasteiger partial charge in [0.05, 0.1) is 11.4 Å². The SMILES string of the molecule is Cc1nn(-c2ccccc2)c2c1[C@H](c1ccc(OCC(=O)O)cc1)C1=C(C[C@@H](c3cccs3)CC1=O)N2. The van der Waals surface area contributed by atoms with Crippen LogP contribution in [0, 0.1) is 6.92 Å². The maximum Gasteiger partial charge on any atom is 0.341 e. The summed E-state index contributed by atoms with van der Waals surface area (Å²) in [7, 11) is 0. The lowest BCUT2D eigenvalue weighted by molar-refractivity contribution is -0.139. The van der Waals surface area contributed by atoms with Crippen molar-refractivity contribution in [3.05, 3.63) is 105 Å². The predicted molar refractivity (Wildman–Crippen MR) is 142 cm³/mol. The number of aromatic nitrogens is 2. The summed E-state index contributed by atoms with van der Waals surface area (Å²) in [5, 5.41) is 19.5. The van der Waals surface area contributed by atoms with Gasteiger partial charge in [-0.1, -0.05) is 36.4 Å². The first-order chi connectivity index (χ1) is 18.0. The van der Waals surface area contributed by atoms with Gasteiger partial charge in [-0.3, -0.25) is 4.79 Å². The van der Waals surface area contributed by atoms with Crippen LogP contribution in [-0.4, -0.2) is 33.2 Å². The Kier molecular flexibility index (Phi) is 5.88. The number of carboxylic acid groups (broad SMARTS) is 1. The maximum atomic E-state index is 13.7. The number of allylic oxidation sites excluding steroid dienone is 2. The van der Waals surface area contributed by atoms with Gasteiger partial charge in [-0.15, -0.1) is 11.3 Å². The van der Waals surface area contributed by atoms with Crippen LogP contribution in [0.25, 0.3) is 5.69 Å². The number of Topliss-reactive ketones (excluding diaryl/α,β-unsaturated/α-hetero) is 1. The third-order valence-corrected chi connectivity index (χ3v) is 8.02. The van der Waals surface area contributed by atoms with Gasteiger partial charge in [0.2, 0.25) is 0 Å². The molecule has 0 saturated carbocycles. The Morgan fingerprint density at radius 3 is 2.59 bits per heavy atom. The van der Waals surface area contributed by atoms with Gasteiger partial charge in [0.15, 0.2) is 12.4 Å². The first-order valence-electron chi connectivity index (χ1n) is 12.2. The number of anilines is 1. The molecule has 0 spiro atoms. The summed E-state index contributed by atoms with van der Waals surface area (Å²) in [4.78, 5) is 25.9. The highest BCUT2D eigenvalue weighted by atomic mass is 32.1. The summed E-state index contributed by atoms with van der Waals surface area (Å²) in [6.45, 7) is 1.57. The molecule has 6 rings (SSSR count). The van der Waals surface area contributed by atoms with Gasteiger partial charge in [-0.2, -0.15) is 5.10 Å². The highest BCUT2D eigenvalue weighted by Gasteiger charge is 2.41. The van der Waals surface area contributed by atoms with E-state index in [1.54, 1.807) is 23.5 Å². The molecule has 0 radical (unpaired) electrons. The number of ketones is 1. The lowest BCUT2D eigenvalue weighted by Crippen LogP contribution is -2.30. The second-order valence-corrected chi connectivity index (χ2v) is 10.3. The molecule has 186 valence electrons. The van der Waals surface area contributed by atoms with Crippen LogP contribution in [0.5, 0.6) is 5.75 Å². The molecule has 1 aliphatic carbocycles. The lowest BCUT2D eigenvalue weighted by Gasteiger charge is -2.35. The molecule has 0 unspecified atom stereocenters. The number of nitrogens with one attached hydrogen (secondary N) is 1. The fourth-order valence-corrected chi connectivity index (χ4v) is 6.22. The number of ether oxygens (including phenoxy) is 1. The normalized spacial score (nSPS) is 18.7. The van der Waals surface area contributed by atoms with Gasteiger partial charge >= 0.3 is 5.97 Å². The van der Waals surface area contributed by atoms with E-state index in [-0.39, 0.29) is 17.6 Å². The smallest absolute Gasteiger partial charge is 0.341 e. The highest BCUT2D eigenvalue weighted by Crippen LogP contribution is 2.50. The summed E-state index contributed by atoms with van der Waals surface area (Å²) in [6.07, 6.45) is 1.22. The van der Waals surface area contributed by atoms with E-state index in [0.29, 0.717) is 12.2 Å². The molecule has 37 heavy (non-hydrogen) atoms. The zero-order chi connectivity index (χ0) is 25.5. The summed E-state index contributed by atoms with van der Waals surface area (Å²) in [6, 6.07) is 21.5. The quantitative estimate of drug-likeness (QED) is 0.347. The van der Waals surface area contributed by atoms with E-state index < -0.39 is 12.6 Å². The van der Waals surface area contributed by atoms with E-state index in [4.69, 9.17) is 14.9 Å². The average Bonchev–Trinajstić information content (AvgIpc) is 3.56. The number of hydrogen-bond donors (Lipinski definition) is 2. The zero-order valence-corrected chi connectivity index (χ0v) is 21.0. The van der Waals surface area contributed by atoms with E-state index in [9.17, 15) is 9.59 Å². The monoisotopic (exact) mass is 511 g/mol. The van der Waals surface area contributed by atoms with Crippen LogP contribution < -0.4 is 10.1 Å². The molecule has 2 N–H and O–H groups in total. The van der Waals surface area contributed by atoms with Gasteiger partial charge in [0.1, 0.15) is 11.6 Å². The van der Waals surface area contributed by atoms with E-state index in [1.165, 1.54) is 4.88 Å². The van der Waals surface area contributed by atoms with E-state index in [0.717, 1.165) is 46.0 Å². The van der Waals surface area contributed by atoms with Crippen molar-refractivity contribution in [2.75, 3.05) is 11.9 Å². The van der Waals surface area contributed by atoms with Crippen molar-refractivity contribution in [1.82, 2.24) is 9.78 Å². The first-order valence-corrected chi connectivity index (χ1v) is 13.0. The molecule has 0 bridgehead atoms. The number of para-hydroxylation sites is 1. The Bertz CT molecular complexity index is 1500. The van der Waals surface area contributed by atoms with Crippen LogP contribution in [-0.2, 0) is 9.59 Å². The topological polar surface area (TPSA) is 93.5 Å². The molecule has 8 heteroatoms. The Morgan fingerprint density at radius 2 is 1.89 bits per heavy atom. The third-order valence-electron chi connectivity index (χ3n) is 6.98. The number of aliphatic carboxylic acids is 1. The maximum absolute atomic E-state index is 13.7. The van der Waals surface area contributed by atoms with Crippen molar-refractivity contribution < 1.29 is 19.4 Å². The molecule has 1 aliphatic heterocycles. The predicted octanol–water partition coefficient (Wildman–Crippen LogP) is 5.66. The van der Waals surface area contributed by atoms with E-state index in [1.807, 2.05) is 60.1 Å². The van der Waals surface area contributed by atoms with Crippen LogP contribution >= 0.6 is 11.3 Å². The number of benzene rings is 2. The first kappa shape index (κ1) is 23.2.